The molecule has 4 N–H and O–H groups in total. The van der Waals surface area contributed by atoms with E-state index in [4.69, 9.17) is 10.5 Å². The molecule has 0 spiro atoms. The van der Waals surface area contributed by atoms with Gasteiger partial charge in [0.05, 0.1) is 18.6 Å². The second-order valence-corrected chi connectivity index (χ2v) is 10.2. The van der Waals surface area contributed by atoms with Crippen LogP contribution in [-0.2, 0) is 9.59 Å². The van der Waals surface area contributed by atoms with Crippen molar-refractivity contribution in [3.8, 4) is 16.9 Å². The van der Waals surface area contributed by atoms with Crippen LogP contribution in [0.25, 0.3) is 11.1 Å². The van der Waals surface area contributed by atoms with Crippen molar-refractivity contribution in [1.29, 1.82) is 0 Å². The Morgan fingerprint density at radius 3 is 2.68 bits per heavy atom. The summed E-state index contributed by atoms with van der Waals surface area (Å²) in [5.41, 5.74) is 8.53. The van der Waals surface area contributed by atoms with Crippen LogP contribution in [0.2, 0.25) is 0 Å². The number of nitrogens with zero attached hydrogens (tertiary/aromatic N) is 2. The minimum Gasteiger partial charge on any atom is -0.491 e. The van der Waals surface area contributed by atoms with E-state index < -0.39 is 6.04 Å². The van der Waals surface area contributed by atoms with Gasteiger partial charge in [-0.05, 0) is 68.1 Å². The second kappa shape index (κ2) is 11.3. The standard InChI is InChI=1S/C28H35N5O4/c29-25-10-11-30-27(35)24-9-2-1-8-23(24)19-6-5-7-22(14-19)37-18-21-15-20(16-33(21)28(25)36)31-26(34)17-32-12-3-4-13-32/h1-2,5-9,14,20-21,25H,3-4,10-13,15-18,29H2,(H,30,35)(H,31,34)/t20-,21-,25+/m0/s1. The van der Waals surface area contributed by atoms with Crippen molar-refractivity contribution < 1.29 is 19.1 Å². The number of benzene rings is 2. The van der Waals surface area contributed by atoms with Gasteiger partial charge in [-0.25, -0.2) is 0 Å². The summed E-state index contributed by atoms with van der Waals surface area (Å²) in [6.45, 7) is 3.26. The minimum atomic E-state index is -0.761. The van der Waals surface area contributed by atoms with Gasteiger partial charge in [0.25, 0.3) is 5.91 Å². The summed E-state index contributed by atoms with van der Waals surface area (Å²) in [5, 5.41) is 6.03. The van der Waals surface area contributed by atoms with Crippen molar-refractivity contribution in [3.63, 3.8) is 0 Å². The smallest absolute Gasteiger partial charge is 0.251 e. The Labute approximate surface area is 217 Å². The van der Waals surface area contributed by atoms with E-state index in [9.17, 15) is 14.4 Å². The Balaban J connectivity index is 1.35. The lowest BCUT2D eigenvalue weighted by molar-refractivity contribution is -0.134. The maximum atomic E-state index is 13.3. The van der Waals surface area contributed by atoms with Crippen LogP contribution in [0, 0.1) is 0 Å². The van der Waals surface area contributed by atoms with Gasteiger partial charge in [0.1, 0.15) is 12.4 Å². The van der Waals surface area contributed by atoms with Crippen molar-refractivity contribution in [2.45, 2.75) is 43.8 Å². The van der Waals surface area contributed by atoms with Crippen LogP contribution < -0.4 is 21.1 Å². The first-order chi connectivity index (χ1) is 18.0. The lowest BCUT2D eigenvalue weighted by Gasteiger charge is -2.27. The maximum Gasteiger partial charge on any atom is 0.251 e. The SMILES string of the molecule is N[C@@H]1CCNC(=O)c2ccccc2-c2cccc(c2)OC[C@@H]2C[C@H](NC(=O)CN3CCCC3)CN2C1=O. The van der Waals surface area contributed by atoms with E-state index in [2.05, 4.69) is 15.5 Å². The van der Waals surface area contributed by atoms with Crippen molar-refractivity contribution in [2.24, 2.45) is 5.73 Å². The summed E-state index contributed by atoms with van der Waals surface area (Å²) in [7, 11) is 0. The molecule has 3 heterocycles. The summed E-state index contributed by atoms with van der Waals surface area (Å²) in [5.74, 6) is 0.238. The van der Waals surface area contributed by atoms with Gasteiger partial charge in [0.15, 0.2) is 0 Å². The van der Waals surface area contributed by atoms with Crippen molar-refractivity contribution in [1.82, 2.24) is 20.4 Å². The van der Waals surface area contributed by atoms with E-state index in [0.29, 0.717) is 43.9 Å². The molecule has 37 heavy (non-hydrogen) atoms. The molecule has 9 nitrogen and oxygen atoms in total. The number of rotatable bonds is 3. The number of hydrogen-bond acceptors (Lipinski definition) is 6. The Kier molecular flexibility index (Phi) is 7.71. The normalized spacial score (nSPS) is 24.8. The van der Waals surface area contributed by atoms with Crippen LogP contribution in [0.5, 0.6) is 5.75 Å². The molecule has 2 aromatic rings. The van der Waals surface area contributed by atoms with Crippen LogP contribution in [0.15, 0.2) is 48.5 Å². The topological polar surface area (TPSA) is 117 Å². The average Bonchev–Trinajstić information content (AvgIpc) is 3.56. The molecule has 3 aliphatic heterocycles. The molecule has 3 amide bonds. The molecule has 0 unspecified atom stereocenters. The van der Waals surface area contributed by atoms with Gasteiger partial charge >= 0.3 is 0 Å². The highest BCUT2D eigenvalue weighted by Gasteiger charge is 2.38. The zero-order chi connectivity index (χ0) is 25.8. The third-order valence-corrected chi connectivity index (χ3v) is 7.45. The molecule has 2 saturated heterocycles. The number of fused-ring (bicyclic) bond motifs is 5. The summed E-state index contributed by atoms with van der Waals surface area (Å²) in [6.07, 6.45) is 3.17. The average molecular weight is 506 g/mol. The summed E-state index contributed by atoms with van der Waals surface area (Å²) < 4.78 is 6.17. The van der Waals surface area contributed by atoms with Crippen LogP contribution >= 0.6 is 0 Å². The lowest BCUT2D eigenvalue weighted by atomic mass is 9.99. The Morgan fingerprint density at radius 1 is 1.08 bits per heavy atom. The molecule has 0 aliphatic carbocycles. The number of nitrogens with two attached hydrogens (primary N) is 1. The number of nitrogens with one attached hydrogen (secondary N) is 2. The van der Waals surface area contributed by atoms with Crippen molar-refractivity contribution in [3.05, 3.63) is 54.1 Å². The molecule has 196 valence electrons. The molecule has 0 saturated carbocycles. The fourth-order valence-electron chi connectivity index (χ4n) is 5.52. The predicted molar refractivity (Wildman–Crippen MR) is 140 cm³/mol. The quantitative estimate of drug-likeness (QED) is 0.580. The van der Waals surface area contributed by atoms with Gasteiger partial charge in [-0.15, -0.1) is 0 Å². The van der Waals surface area contributed by atoms with E-state index in [-0.39, 0.29) is 36.3 Å². The first kappa shape index (κ1) is 25.2. The molecule has 2 fully saturated rings. The van der Waals surface area contributed by atoms with Crippen LogP contribution in [0.3, 0.4) is 0 Å². The number of ether oxygens (including phenoxy) is 1. The molecule has 3 aliphatic rings. The molecule has 2 aromatic carbocycles. The monoisotopic (exact) mass is 505 g/mol. The van der Waals surface area contributed by atoms with Gasteiger partial charge in [0.2, 0.25) is 11.8 Å². The third-order valence-electron chi connectivity index (χ3n) is 7.45. The summed E-state index contributed by atoms with van der Waals surface area (Å²) in [6, 6.07) is 13.9. The molecule has 2 bridgehead atoms. The first-order valence-corrected chi connectivity index (χ1v) is 13.2. The number of hydrogen-bond donors (Lipinski definition) is 3. The molecular formula is C28H35N5O4. The molecular weight excluding hydrogens is 470 g/mol. The van der Waals surface area contributed by atoms with E-state index in [0.717, 1.165) is 37.1 Å². The van der Waals surface area contributed by atoms with Gasteiger partial charge in [-0.2, -0.15) is 0 Å². The second-order valence-electron chi connectivity index (χ2n) is 10.2. The summed E-state index contributed by atoms with van der Waals surface area (Å²) >= 11 is 0. The number of carbonyl (C=O) groups is 3. The van der Waals surface area contributed by atoms with Crippen LogP contribution in [0.1, 0.15) is 36.0 Å². The first-order valence-electron chi connectivity index (χ1n) is 13.2. The maximum absolute atomic E-state index is 13.3. The molecule has 3 atom stereocenters. The minimum absolute atomic E-state index is 0.0126. The summed E-state index contributed by atoms with van der Waals surface area (Å²) in [4.78, 5) is 42.8. The van der Waals surface area contributed by atoms with E-state index in [1.807, 2.05) is 42.5 Å². The highest BCUT2D eigenvalue weighted by atomic mass is 16.5. The number of amides is 3. The van der Waals surface area contributed by atoms with Crippen LogP contribution in [0.4, 0.5) is 0 Å². The highest BCUT2D eigenvalue weighted by Crippen LogP contribution is 2.28. The predicted octanol–water partition coefficient (Wildman–Crippen LogP) is 1.37. The van der Waals surface area contributed by atoms with Gasteiger partial charge in [0, 0.05) is 24.7 Å². The molecule has 0 radical (unpaired) electrons. The zero-order valence-electron chi connectivity index (χ0n) is 21.0. The Hall–Kier alpha value is -3.43. The largest absolute Gasteiger partial charge is 0.491 e. The Morgan fingerprint density at radius 2 is 1.86 bits per heavy atom. The third kappa shape index (κ3) is 5.94. The zero-order valence-corrected chi connectivity index (χ0v) is 21.0. The molecule has 9 heteroatoms. The van der Waals surface area contributed by atoms with Gasteiger partial charge in [-0.3, -0.25) is 19.3 Å². The van der Waals surface area contributed by atoms with Crippen molar-refractivity contribution >= 4 is 17.7 Å². The molecule has 5 rings (SSSR count). The van der Waals surface area contributed by atoms with Gasteiger partial charge in [-0.1, -0.05) is 30.3 Å². The Bertz CT molecular complexity index is 1150. The van der Waals surface area contributed by atoms with Gasteiger partial charge < -0.3 is 26.0 Å². The molecule has 0 aromatic heterocycles. The number of likely N-dealkylation sites (tertiary alicyclic amines) is 1. The fourth-order valence-corrected chi connectivity index (χ4v) is 5.52. The highest BCUT2D eigenvalue weighted by molar-refractivity contribution is 6.01. The fraction of sp³-hybridized carbons (Fsp3) is 0.464. The van der Waals surface area contributed by atoms with E-state index in [1.54, 1.807) is 11.0 Å². The van der Waals surface area contributed by atoms with E-state index >= 15 is 0 Å². The van der Waals surface area contributed by atoms with E-state index in [1.165, 1.54) is 0 Å². The van der Waals surface area contributed by atoms with Crippen molar-refractivity contribution in [2.75, 3.05) is 39.3 Å². The lowest BCUT2D eigenvalue weighted by Crippen LogP contribution is -2.49. The van der Waals surface area contributed by atoms with Crippen LogP contribution in [-0.4, -0.2) is 85.0 Å². The number of carbonyl (C=O) groups excluding carboxylic acids is 3.